The van der Waals surface area contributed by atoms with Crippen LogP contribution in [0.15, 0.2) is 35.9 Å². The molecule has 2 fully saturated rings. The van der Waals surface area contributed by atoms with Crippen molar-refractivity contribution in [2.24, 2.45) is 34.5 Å². The van der Waals surface area contributed by atoms with Crippen LogP contribution in [0.5, 0.6) is 0 Å². The second-order valence-corrected chi connectivity index (χ2v) is 11.2. The molecule has 0 aliphatic heterocycles. The molecule has 176 valence electrons. The van der Waals surface area contributed by atoms with Gasteiger partial charge >= 0.3 is 6.18 Å². The zero-order valence-electron chi connectivity index (χ0n) is 19.7. The fourth-order valence-corrected chi connectivity index (χ4v) is 7.11. The number of amides is 1. The van der Waals surface area contributed by atoms with Crippen LogP contribution in [0.1, 0.15) is 78.2 Å². The average molecular weight is 448 g/mol. The quantitative estimate of drug-likeness (QED) is 0.470. The standard InChI is InChI=1S/C27H36F3NO/c1-17(2)18-9-11-22-19(15-18)10-12-23-25(22,3)13-6-14-26(23,4)24(32)31-21-8-5-7-20(16-21)27(28,29)30/h5,7-8,10,16-18,22-23H,6,9,11-15H2,1-4H3,(H,31,32)/t18?,22-,23?,25+,26+/m0/s1. The Hall–Kier alpha value is -1.78. The molecule has 1 aromatic rings. The number of carbonyl (C=O) groups is 1. The Bertz CT molecular complexity index is 904. The number of rotatable bonds is 3. The van der Waals surface area contributed by atoms with Gasteiger partial charge in [0.1, 0.15) is 0 Å². The third-order valence-corrected chi connectivity index (χ3v) is 9.07. The van der Waals surface area contributed by atoms with E-state index in [2.05, 4.69) is 32.2 Å². The molecule has 0 heterocycles. The van der Waals surface area contributed by atoms with E-state index in [0.29, 0.717) is 11.8 Å². The van der Waals surface area contributed by atoms with Crippen LogP contribution in [-0.4, -0.2) is 5.91 Å². The van der Waals surface area contributed by atoms with Crippen LogP contribution >= 0.6 is 0 Å². The first-order valence-electron chi connectivity index (χ1n) is 12.1. The van der Waals surface area contributed by atoms with Gasteiger partial charge in [-0.25, -0.2) is 0 Å². The van der Waals surface area contributed by atoms with Crippen molar-refractivity contribution in [3.63, 3.8) is 0 Å². The molecule has 3 aliphatic rings. The fourth-order valence-electron chi connectivity index (χ4n) is 7.11. The number of fused-ring (bicyclic) bond motifs is 3. The van der Waals surface area contributed by atoms with E-state index < -0.39 is 17.2 Å². The number of carbonyl (C=O) groups excluding carboxylic acids is 1. The normalized spacial score (nSPS) is 35.0. The lowest BCUT2D eigenvalue weighted by Crippen LogP contribution is -2.54. The predicted molar refractivity (Wildman–Crippen MR) is 122 cm³/mol. The number of hydrogen-bond donors (Lipinski definition) is 1. The molecule has 0 aromatic heterocycles. The number of alkyl halides is 3. The number of anilines is 1. The van der Waals surface area contributed by atoms with E-state index in [9.17, 15) is 18.0 Å². The van der Waals surface area contributed by atoms with Gasteiger partial charge in [0.2, 0.25) is 5.91 Å². The number of hydrogen-bond acceptors (Lipinski definition) is 1. The van der Waals surface area contributed by atoms with E-state index in [1.54, 1.807) is 11.6 Å². The van der Waals surface area contributed by atoms with Gasteiger partial charge in [-0.2, -0.15) is 13.2 Å². The first kappa shape index (κ1) is 23.4. The summed E-state index contributed by atoms with van der Waals surface area (Å²) in [7, 11) is 0. The lowest BCUT2D eigenvalue weighted by Gasteiger charge is -2.58. The number of benzene rings is 1. The van der Waals surface area contributed by atoms with Crippen molar-refractivity contribution < 1.29 is 18.0 Å². The van der Waals surface area contributed by atoms with Crippen LogP contribution in [0.3, 0.4) is 0 Å². The average Bonchev–Trinajstić information content (AvgIpc) is 2.72. The molecule has 4 rings (SSSR count). The van der Waals surface area contributed by atoms with Crippen LogP contribution in [-0.2, 0) is 11.0 Å². The molecule has 2 nitrogen and oxygen atoms in total. The van der Waals surface area contributed by atoms with Crippen molar-refractivity contribution in [1.82, 2.24) is 0 Å². The first-order valence-corrected chi connectivity index (χ1v) is 12.1. The summed E-state index contributed by atoms with van der Waals surface area (Å²) in [6.07, 6.45) is 5.37. The second kappa shape index (κ2) is 8.22. The number of allylic oxidation sites excluding steroid dienone is 2. The maximum atomic E-state index is 13.5. The van der Waals surface area contributed by atoms with Gasteiger partial charge in [0.25, 0.3) is 0 Å². The Morgan fingerprint density at radius 2 is 1.91 bits per heavy atom. The highest BCUT2D eigenvalue weighted by Crippen LogP contribution is 2.63. The molecule has 0 saturated heterocycles. The van der Waals surface area contributed by atoms with E-state index >= 15 is 0 Å². The molecular weight excluding hydrogens is 411 g/mol. The molecule has 0 spiro atoms. The van der Waals surface area contributed by atoms with Crippen molar-refractivity contribution in [2.75, 3.05) is 5.32 Å². The minimum absolute atomic E-state index is 0.0736. The molecule has 3 aliphatic carbocycles. The highest BCUT2D eigenvalue weighted by molar-refractivity contribution is 5.95. The minimum Gasteiger partial charge on any atom is -0.326 e. The Morgan fingerprint density at radius 1 is 1.16 bits per heavy atom. The monoisotopic (exact) mass is 447 g/mol. The van der Waals surface area contributed by atoms with Crippen molar-refractivity contribution in [3.05, 3.63) is 41.5 Å². The minimum atomic E-state index is -4.42. The Labute approximate surface area is 190 Å². The zero-order chi connectivity index (χ0) is 23.3. The maximum Gasteiger partial charge on any atom is 0.416 e. The second-order valence-electron chi connectivity index (χ2n) is 11.2. The summed E-state index contributed by atoms with van der Waals surface area (Å²) in [6, 6.07) is 4.98. The molecule has 0 radical (unpaired) electrons. The highest BCUT2D eigenvalue weighted by atomic mass is 19.4. The van der Waals surface area contributed by atoms with Crippen molar-refractivity contribution in [2.45, 2.75) is 78.8 Å². The summed E-state index contributed by atoms with van der Waals surface area (Å²) in [4.78, 5) is 13.5. The SMILES string of the molecule is CC(C)C1CC[C@H]2C(=CCC3[C@](C)(C(=O)Nc4cccc(C(F)(F)F)c4)CCC[C@@]32C)C1. The molecule has 0 bridgehead atoms. The van der Waals surface area contributed by atoms with Gasteiger partial charge in [-0.15, -0.1) is 0 Å². The van der Waals surface area contributed by atoms with E-state index in [1.165, 1.54) is 25.3 Å². The summed E-state index contributed by atoms with van der Waals surface area (Å²) in [5.41, 5.74) is 0.572. The Kier molecular flexibility index (Phi) is 6.00. The van der Waals surface area contributed by atoms with Gasteiger partial charge in [0, 0.05) is 5.69 Å². The summed E-state index contributed by atoms with van der Waals surface area (Å²) in [6.45, 7) is 9.04. The summed E-state index contributed by atoms with van der Waals surface area (Å²) in [5, 5.41) is 2.85. The van der Waals surface area contributed by atoms with Crippen LogP contribution in [0.4, 0.5) is 18.9 Å². The van der Waals surface area contributed by atoms with Gasteiger partial charge in [-0.1, -0.05) is 51.8 Å². The summed E-state index contributed by atoms with van der Waals surface area (Å²) >= 11 is 0. The molecule has 1 aromatic carbocycles. The van der Waals surface area contributed by atoms with E-state index in [4.69, 9.17) is 0 Å². The lowest BCUT2D eigenvalue weighted by atomic mass is 9.46. The van der Waals surface area contributed by atoms with Gasteiger partial charge in [-0.3, -0.25) is 4.79 Å². The lowest BCUT2D eigenvalue weighted by molar-refractivity contribution is -0.139. The van der Waals surface area contributed by atoms with E-state index in [-0.39, 0.29) is 22.9 Å². The molecule has 32 heavy (non-hydrogen) atoms. The van der Waals surface area contributed by atoms with Crippen LogP contribution in [0.25, 0.3) is 0 Å². The Balaban J connectivity index is 1.58. The molecule has 1 amide bonds. The highest BCUT2D eigenvalue weighted by Gasteiger charge is 2.57. The molecule has 5 heteroatoms. The largest absolute Gasteiger partial charge is 0.416 e. The van der Waals surface area contributed by atoms with Gasteiger partial charge < -0.3 is 5.32 Å². The molecule has 2 unspecified atom stereocenters. The molecule has 1 N–H and O–H groups in total. The van der Waals surface area contributed by atoms with Gasteiger partial charge in [0.15, 0.2) is 0 Å². The third-order valence-electron chi connectivity index (χ3n) is 9.07. The zero-order valence-corrected chi connectivity index (χ0v) is 19.7. The van der Waals surface area contributed by atoms with Crippen LogP contribution in [0.2, 0.25) is 0 Å². The van der Waals surface area contributed by atoms with Crippen molar-refractivity contribution >= 4 is 11.6 Å². The fraction of sp³-hybridized carbons (Fsp3) is 0.667. The van der Waals surface area contributed by atoms with E-state index in [1.807, 2.05) is 6.92 Å². The number of halogens is 3. The Morgan fingerprint density at radius 3 is 2.59 bits per heavy atom. The molecular formula is C27H36F3NO. The van der Waals surface area contributed by atoms with E-state index in [0.717, 1.165) is 43.7 Å². The van der Waals surface area contributed by atoms with Crippen molar-refractivity contribution in [1.29, 1.82) is 0 Å². The number of nitrogens with one attached hydrogen (secondary N) is 1. The van der Waals surface area contributed by atoms with Gasteiger partial charge in [-0.05, 0) is 85.8 Å². The smallest absolute Gasteiger partial charge is 0.326 e. The van der Waals surface area contributed by atoms with Crippen molar-refractivity contribution in [3.8, 4) is 0 Å². The van der Waals surface area contributed by atoms with Gasteiger partial charge in [0.05, 0.1) is 11.0 Å². The predicted octanol–water partition coefficient (Wildman–Crippen LogP) is 7.86. The topological polar surface area (TPSA) is 29.1 Å². The third kappa shape index (κ3) is 4.01. The maximum absolute atomic E-state index is 13.5. The van der Waals surface area contributed by atoms with Crippen LogP contribution in [0, 0.1) is 34.5 Å². The first-order chi connectivity index (χ1) is 14.9. The molecule has 5 atom stereocenters. The summed E-state index contributed by atoms with van der Waals surface area (Å²) in [5.74, 6) is 2.03. The van der Waals surface area contributed by atoms with Crippen LogP contribution < -0.4 is 5.32 Å². The molecule has 2 saturated carbocycles. The summed E-state index contributed by atoms with van der Waals surface area (Å²) < 4.78 is 39.4.